The summed E-state index contributed by atoms with van der Waals surface area (Å²) in [5.74, 6) is 0.764. The first-order valence-electron chi connectivity index (χ1n) is 4.66. The Morgan fingerprint density at radius 1 is 1.33 bits per heavy atom. The normalized spacial score (nSPS) is 32.2. The van der Waals surface area contributed by atoms with Crippen LogP contribution in [0.5, 0.6) is 0 Å². The third-order valence-corrected chi connectivity index (χ3v) is 2.37. The number of alkyl halides is 1. The third-order valence-electron chi connectivity index (χ3n) is 2.10. The van der Waals surface area contributed by atoms with E-state index in [4.69, 9.17) is 16.3 Å². The first-order valence-corrected chi connectivity index (χ1v) is 5.19. The van der Waals surface area contributed by atoms with E-state index in [9.17, 15) is 0 Å². The largest absolute Gasteiger partial charge is 0.373 e. The summed E-state index contributed by atoms with van der Waals surface area (Å²) in [6.07, 6.45) is 1.84. The van der Waals surface area contributed by atoms with Crippen LogP contribution in [0.15, 0.2) is 0 Å². The lowest BCUT2D eigenvalue weighted by molar-refractivity contribution is -0.0677. The summed E-state index contributed by atoms with van der Waals surface area (Å²) in [5.41, 5.74) is 0. The highest BCUT2D eigenvalue weighted by molar-refractivity contribution is 6.17. The average Bonchev–Trinajstić information content (AvgIpc) is 1.99. The zero-order chi connectivity index (χ0) is 8.97. The quantitative estimate of drug-likeness (QED) is 0.630. The van der Waals surface area contributed by atoms with Gasteiger partial charge >= 0.3 is 0 Å². The molecule has 2 atom stereocenters. The highest BCUT2D eigenvalue weighted by Gasteiger charge is 2.20. The predicted octanol–water partition coefficient (Wildman–Crippen LogP) is 1.72. The Morgan fingerprint density at radius 2 is 1.92 bits per heavy atom. The van der Waals surface area contributed by atoms with Gasteiger partial charge in [-0.2, -0.15) is 0 Å². The van der Waals surface area contributed by atoms with Crippen LogP contribution < -0.4 is 0 Å². The molecular weight excluding hydrogens is 174 g/mol. The second-order valence-corrected chi connectivity index (χ2v) is 3.94. The van der Waals surface area contributed by atoms with Gasteiger partial charge in [-0.1, -0.05) is 0 Å². The monoisotopic (exact) mass is 191 g/mol. The second-order valence-electron chi connectivity index (χ2n) is 3.56. The molecule has 0 amide bonds. The van der Waals surface area contributed by atoms with E-state index in [0.717, 1.165) is 31.9 Å². The van der Waals surface area contributed by atoms with E-state index in [2.05, 4.69) is 18.7 Å². The Hall–Kier alpha value is 0.210. The standard InChI is InChI=1S/C9H18ClNO/c1-8-6-11(5-3-4-10)7-9(2)12-8/h8-9H,3-7H2,1-2H3/t8-,9+. The number of ether oxygens (including phenoxy) is 1. The van der Waals surface area contributed by atoms with Crippen molar-refractivity contribution in [2.45, 2.75) is 32.5 Å². The summed E-state index contributed by atoms with van der Waals surface area (Å²) >= 11 is 5.64. The molecule has 1 rings (SSSR count). The van der Waals surface area contributed by atoms with Crippen LogP contribution in [-0.4, -0.2) is 42.6 Å². The highest BCUT2D eigenvalue weighted by Crippen LogP contribution is 2.10. The number of halogens is 1. The molecule has 12 heavy (non-hydrogen) atoms. The van der Waals surface area contributed by atoms with Crippen molar-refractivity contribution >= 4 is 11.6 Å². The summed E-state index contributed by atoms with van der Waals surface area (Å²) in [5, 5.41) is 0. The summed E-state index contributed by atoms with van der Waals surface area (Å²) in [7, 11) is 0. The summed E-state index contributed by atoms with van der Waals surface area (Å²) in [6.45, 7) is 7.48. The van der Waals surface area contributed by atoms with E-state index in [1.165, 1.54) is 0 Å². The first-order chi connectivity index (χ1) is 5.72. The second kappa shape index (κ2) is 5.05. The molecule has 0 radical (unpaired) electrons. The van der Waals surface area contributed by atoms with Gasteiger partial charge in [-0.15, -0.1) is 11.6 Å². The molecule has 0 N–H and O–H groups in total. The van der Waals surface area contributed by atoms with Crippen molar-refractivity contribution in [1.29, 1.82) is 0 Å². The van der Waals surface area contributed by atoms with Crippen molar-refractivity contribution in [3.05, 3.63) is 0 Å². The maximum absolute atomic E-state index is 5.64. The maximum atomic E-state index is 5.64. The lowest BCUT2D eigenvalue weighted by atomic mass is 10.2. The minimum atomic E-state index is 0.379. The van der Waals surface area contributed by atoms with Gasteiger partial charge < -0.3 is 4.74 Å². The Balaban J connectivity index is 2.24. The molecule has 0 bridgehead atoms. The van der Waals surface area contributed by atoms with Crippen molar-refractivity contribution in [2.24, 2.45) is 0 Å². The van der Waals surface area contributed by atoms with Crippen LogP contribution >= 0.6 is 11.6 Å². The lowest BCUT2D eigenvalue weighted by Crippen LogP contribution is -2.45. The van der Waals surface area contributed by atoms with Gasteiger partial charge in [0.15, 0.2) is 0 Å². The zero-order valence-corrected chi connectivity index (χ0v) is 8.68. The smallest absolute Gasteiger partial charge is 0.0678 e. The predicted molar refractivity (Wildman–Crippen MR) is 51.8 cm³/mol. The molecule has 1 aliphatic rings. The van der Waals surface area contributed by atoms with Gasteiger partial charge in [0.05, 0.1) is 12.2 Å². The van der Waals surface area contributed by atoms with Crippen molar-refractivity contribution < 1.29 is 4.74 Å². The van der Waals surface area contributed by atoms with Gasteiger partial charge in [-0.05, 0) is 26.8 Å². The summed E-state index contributed by atoms with van der Waals surface area (Å²) in [6, 6.07) is 0. The van der Waals surface area contributed by atoms with Crippen LogP contribution in [0.25, 0.3) is 0 Å². The van der Waals surface area contributed by atoms with Gasteiger partial charge in [0.1, 0.15) is 0 Å². The maximum Gasteiger partial charge on any atom is 0.0678 e. The van der Waals surface area contributed by atoms with Gasteiger partial charge in [-0.3, -0.25) is 4.90 Å². The molecule has 0 aliphatic carbocycles. The zero-order valence-electron chi connectivity index (χ0n) is 7.92. The topological polar surface area (TPSA) is 12.5 Å². The van der Waals surface area contributed by atoms with Gasteiger partial charge in [0.25, 0.3) is 0 Å². The molecule has 0 saturated carbocycles. The van der Waals surface area contributed by atoms with E-state index in [1.54, 1.807) is 0 Å². The van der Waals surface area contributed by atoms with Crippen LogP contribution in [0.4, 0.5) is 0 Å². The minimum Gasteiger partial charge on any atom is -0.373 e. The van der Waals surface area contributed by atoms with Gasteiger partial charge in [-0.25, -0.2) is 0 Å². The molecule has 1 fully saturated rings. The van der Waals surface area contributed by atoms with Crippen LogP contribution in [0.1, 0.15) is 20.3 Å². The molecule has 0 spiro atoms. The summed E-state index contributed by atoms with van der Waals surface area (Å²) < 4.78 is 5.62. The Kier molecular flexibility index (Phi) is 4.33. The number of nitrogens with zero attached hydrogens (tertiary/aromatic N) is 1. The van der Waals surface area contributed by atoms with E-state index in [0.29, 0.717) is 12.2 Å². The fourth-order valence-electron chi connectivity index (χ4n) is 1.75. The van der Waals surface area contributed by atoms with Crippen molar-refractivity contribution in [2.75, 3.05) is 25.5 Å². The van der Waals surface area contributed by atoms with Crippen molar-refractivity contribution in [1.82, 2.24) is 4.90 Å². The number of hydrogen-bond acceptors (Lipinski definition) is 2. The van der Waals surface area contributed by atoms with E-state index < -0.39 is 0 Å². The summed E-state index contributed by atoms with van der Waals surface area (Å²) in [4.78, 5) is 2.43. The molecule has 0 aromatic carbocycles. The number of rotatable bonds is 3. The molecule has 1 aliphatic heterocycles. The van der Waals surface area contributed by atoms with E-state index in [1.807, 2.05) is 0 Å². The molecule has 3 heteroatoms. The Morgan fingerprint density at radius 3 is 2.42 bits per heavy atom. The fraction of sp³-hybridized carbons (Fsp3) is 1.00. The fourth-order valence-corrected chi connectivity index (χ4v) is 1.87. The van der Waals surface area contributed by atoms with E-state index >= 15 is 0 Å². The number of hydrogen-bond donors (Lipinski definition) is 0. The molecular formula is C9H18ClNO. The van der Waals surface area contributed by atoms with Gasteiger partial charge in [0, 0.05) is 19.0 Å². The van der Waals surface area contributed by atoms with Crippen molar-refractivity contribution in [3.8, 4) is 0 Å². The number of morpholine rings is 1. The van der Waals surface area contributed by atoms with Crippen LogP contribution in [-0.2, 0) is 4.74 Å². The minimum absolute atomic E-state index is 0.379. The Labute approximate surface area is 79.8 Å². The van der Waals surface area contributed by atoms with Crippen LogP contribution in [0.2, 0.25) is 0 Å². The molecule has 0 aromatic heterocycles. The SMILES string of the molecule is C[C@@H]1CN(CCCCl)C[C@H](C)O1. The average molecular weight is 192 g/mol. The lowest BCUT2D eigenvalue weighted by Gasteiger charge is -2.35. The Bertz CT molecular complexity index is 122. The van der Waals surface area contributed by atoms with Crippen LogP contribution in [0, 0.1) is 0 Å². The third kappa shape index (κ3) is 3.30. The molecule has 1 saturated heterocycles. The van der Waals surface area contributed by atoms with Gasteiger partial charge in [0.2, 0.25) is 0 Å². The molecule has 2 nitrogen and oxygen atoms in total. The molecule has 0 aromatic rings. The first kappa shape index (κ1) is 10.3. The molecule has 72 valence electrons. The molecule has 1 heterocycles. The van der Waals surface area contributed by atoms with E-state index in [-0.39, 0.29) is 0 Å². The highest BCUT2D eigenvalue weighted by atomic mass is 35.5. The molecule has 0 unspecified atom stereocenters. The van der Waals surface area contributed by atoms with Crippen molar-refractivity contribution in [3.63, 3.8) is 0 Å². The van der Waals surface area contributed by atoms with Crippen LogP contribution in [0.3, 0.4) is 0 Å².